The van der Waals surface area contributed by atoms with Crippen LogP contribution in [0.5, 0.6) is 0 Å². The Labute approximate surface area is 101 Å². The second kappa shape index (κ2) is 4.28. The van der Waals surface area contributed by atoms with E-state index < -0.39 is 0 Å². The highest BCUT2D eigenvalue weighted by Gasteiger charge is 2.41. The minimum atomic E-state index is 0.351. The molecule has 15 heavy (non-hydrogen) atoms. The third kappa shape index (κ3) is 3.66. The predicted molar refractivity (Wildman–Crippen MR) is 69.4 cm³/mol. The SMILES string of the molecule is CC(C)C(Cl)C1CC(C)(C)CC(C)(C)C1. The first-order chi connectivity index (χ1) is 6.63. The van der Waals surface area contributed by atoms with Gasteiger partial charge in [-0.15, -0.1) is 11.6 Å². The van der Waals surface area contributed by atoms with Crippen molar-refractivity contribution in [2.45, 2.75) is 66.2 Å². The fourth-order valence-corrected chi connectivity index (χ4v) is 3.88. The number of rotatable bonds is 2. The molecule has 0 bridgehead atoms. The van der Waals surface area contributed by atoms with Crippen molar-refractivity contribution in [1.29, 1.82) is 0 Å². The predicted octanol–water partition coefficient (Wildman–Crippen LogP) is 5.10. The third-order valence-electron chi connectivity index (χ3n) is 3.67. The first-order valence-corrected chi connectivity index (χ1v) is 6.71. The minimum Gasteiger partial charge on any atom is -0.122 e. The molecule has 90 valence electrons. The van der Waals surface area contributed by atoms with Gasteiger partial charge in [0.05, 0.1) is 0 Å². The van der Waals surface area contributed by atoms with Crippen LogP contribution >= 0.6 is 11.6 Å². The van der Waals surface area contributed by atoms with Crippen LogP contribution in [0.2, 0.25) is 0 Å². The van der Waals surface area contributed by atoms with E-state index in [1.54, 1.807) is 0 Å². The Balaban J connectivity index is 2.75. The van der Waals surface area contributed by atoms with Crippen molar-refractivity contribution in [3.05, 3.63) is 0 Å². The molecule has 1 heteroatoms. The summed E-state index contributed by atoms with van der Waals surface area (Å²) in [5, 5.41) is 0.351. The summed E-state index contributed by atoms with van der Waals surface area (Å²) in [6.07, 6.45) is 3.92. The summed E-state index contributed by atoms with van der Waals surface area (Å²) in [6.45, 7) is 14.1. The Bertz CT molecular complexity index is 199. The zero-order valence-electron chi connectivity index (χ0n) is 11.2. The molecule has 0 aromatic rings. The Kier molecular flexibility index (Phi) is 3.81. The molecule has 0 nitrogen and oxygen atoms in total. The summed E-state index contributed by atoms with van der Waals surface area (Å²) in [7, 11) is 0. The molecule has 1 fully saturated rings. The van der Waals surface area contributed by atoms with Crippen LogP contribution < -0.4 is 0 Å². The van der Waals surface area contributed by atoms with E-state index in [4.69, 9.17) is 11.6 Å². The summed E-state index contributed by atoms with van der Waals surface area (Å²) in [6, 6.07) is 0. The van der Waals surface area contributed by atoms with Crippen LogP contribution in [0, 0.1) is 22.7 Å². The average Bonchev–Trinajstić information content (AvgIpc) is 1.96. The van der Waals surface area contributed by atoms with E-state index in [0.29, 0.717) is 28.0 Å². The summed E-state index contributed by atoms with van der Waals surface area (Å²) < 4.78 is 0. The number of hydrogen-bond acceptors (Lipinski definition) is 0. The summed E-state index contributed by atoms with van der Waals surface area (Å²) in [5.74, 6) is 1.30. The molecule has 1 aliphatic carbocycles. The van der Waals surface area contributed by atoms with E-state index in [1.807, 2.05) is 0 Å². The molecule has 0 N–H and O–H groups in total. The van der Waals surface area contributed by atoms with Crippen LogP contribution in [-0.4, -0.2) is 5.38 Å². The maximum absolute atomic E-state index is 6.55. The van der Waals surface area contributed by atoms with Crippen LogP contribution in [0.4, 0.5) is 0 Å². The topological polar surface area (TPSA) is 0 Å². The van der Waals surface area contributed by atoms with Crippen molar-refractivity contribution >= 4 is 11.6 Å². The van der Waals surface area contributed by atoms with Gasteiger partial charge in [0.2, 0.25) is 0 Å². The van der Waals surface area contributed by atoms with E-state index in [-0.39, 0.29) is 0 Å². The molecule has 1 aliphatic rings. The van der Waals surface area contributed by atoms with Crippen molar-refractivity contribution in [2.75, 3.05) is 0 Å². The van der Waals surface area contributed by atoms with E-state index in [9.17, 15) is 0 Å². The zero-order valence-corrected chi connectivity index (χ0v) is 12.0. The van der Waals surface area contributed by atoms with Crippen molar-refractivity contribution in [1.82, 2.24) is 0 Å². The highest BCUT2D eigenvalue weighted by molar-refractivity contribution is 6.20. The Morgan fingerprint density at radius 1 is 1.00 bits per heavy atom. The largest absolute Gasteiger partial charge is 0.122 e. The molecule has 1 unspecified atom stereocenters. The van der Waals surface area contributed by atoms with Gasteiger partial charge in [0, 0.05) is 5.38 Å². The summed E-state index contributed by atoms with van der Waals surface area (Å²) in [4.78, 5) is 0. The lowest BCUT2D eigenvalue weighted by atomic mass is 9.60. The monoisotopic (exact) mass is 230 g/mol. The maximum Gasteiger partial charge on any atom is 0.0387 e. The average molecular weight is 231 g/mol. The first kappa shape index (κ1) is 13.4. The normalized spacial score (nSPS) is 28.0. The Morgan fingerprint density at radius 3 is 1.73 bits per heavy atom. The molecule has 0 spiro atoms. The van der Waals surface area contributed by atoms with E-state index in [0.717, 1.165) is 0 Å². The highest BCUT2D eigenvalue weighted by atomic mass is 35.5. The molecule has 1 atom stereocenters. The standard InChI is InChI=1S/C14H27Cl/c1-10(2)12(15)11-7-13(3,4)9-14(5,6)8-11/h10-12H,7-9H2,1-6H3. The second-order valence-electron chi connectivity index (χ2n) is 7.36. The van der Waals surface area contributed by atoms with E-state index >= 15 is 0 Å². The lowest BCUT2D eigenvalue weighted by Gasteiger charge is -2.47. The Hall–Kier alpha value is 0.290. The van der Waals surface area contributed by atoms with Crippen molar-refractivity contribution in [3.8, 4) is 0 Å². The van der Waals surface area contributed by atoms with Gasteiger partial charge in [0.25, 0.3) is 0 Å². The van der Waals surface area contributed by atoms with Crippen LogP contribution in [-0.2, 0) is 0 Å². The van der Waals surface area contributed by atoms with Gasteiger partial charge in [-0.2, -0.15) is 0 Å². The first-order valence-electron chi connectivity index (χ1n) is 6.27. The van der Waals surface area contributed by atoms with Crippen LogP contribution in [0.3, 0.4) is 0 Å². The van der Waals surface area contributed by atoms with E-state index in [2.05, 4.69) is 41.5 Å². The van der Waals surface area contributed by atoms with Crippen molar-refractivity contribution in [3.63, 3.8) is 0 Å². The molecule has 1 saturated carbocycles. The molecule has 0 saturated heterocycles. The maximum atomic E-state index is 6.55. The molecular weight excluding hydrogens is 204 g/mol. The Morgan fingerprint density at radius 2 is 1.40 bits per heavy atom. The van der Waals surface area contributed by atoms with Gasteiger partial charge < -0.3 is 0 Å². The zero-order chi connectivity index (χ0) is 11.9. The lowest BCUT2D eigenvalue weighted by molar-refractivity contribution is 0.0604. The molecule has 0 heterocycles. The fraction of sp³-hybridized carbons (Fsp3) is 1.00. The van der Waals surface area contributed by atoms with Gasteiger partial charge in [0.15, 0.2) is 0 Å². The number of hydrogen-bond donors (Lipinski definition) is 0. The van der Waals surface area contributed by atoms with Crippen LogP contribution in [0.1, 0.15) is 60.8 Å². The van der Waals surface area contributed by atoms with Crippen molar-refractivity contribution < 1.29 is 0 Å². The van der Waals surface area contributed by atoms with Gasteiger partial charge in [-0.05, 0) is 41.9 Å². The summed E-state index contributed by atoms with van der Waals surface area (Å²) in [5.41, 5.74) is 0.933. The third-order valence-corrected chi connectivity index (χ3v) is 4.53. The number of alkyl halides is 1. The lowest BCUT2D eigenvalue weighted by Crippen LogP contribution is -2.38. The molecule has 1 rings (SSSR count). The molecular formula is C14H27Cl. The van der Waals surface area contributed by atoms with Gasteiger partial charge in [0.1, 0.15) is 0 Å². The number of halogens is 1. The highest BCUT2D eigenvalue weighted by Crippen LogP contribution is 2.50. The second-order valence-corrected chi connectivity index (χ2v) is 7.87. The van der Waals surface area contributed by atoms with Crippen LogP contribution in [0.15, 0.2) is 0 Å². The van der Waals surface area contributed by atoms with Crippen LogP contribution in [0.25, 0.3) is 0 Å². The molecule has 0 aromatic carbocycles. The van der Waals surface area contributed by atoms with Gasteiger partial charge in [-0.1, -0.05) is 41.5 Å². The summed E-state index contributed by atoms with van der Waals surface area (Å²) >= 11 is 6.55. The molecule has 0 amide bonds. The molecule has 0 radical (unpaired) electrons. The minimum absolute atomic E-state index is 0.351. The quantitative estimate of drug-likeness (QED) is 0.579. The van der Waals surface area contributed by atoms with Gasteiger partial charge in [-0.25, -0.2) is 0 Å². The van der Waals surface area contributed by atoms with Gasteiger partial charge in [-0.3, -0.25) is 0 Å². The van der Waals surface area contributed by atoms with Crippen molar-refractivity contribution in [2.24, 2.45) is 22.7 Å². The molecule has 0 aliphatic heterocycles. The smallest absolute Gasteiger partial charge is 0.0387 e. The fourth-order valence-electron chi connectivity index (χ4n) is 3.70. The van der Waals surface area contributed by atoms with Gasteiger partial charge >= 0.3 is 0 Å². The van der Waals surface area contributed by atoms with E-state index in [1.165, 1.54) is 19.3 Å². The molecule has 0 aromatic heterocycles.